The molecule has 1 heteroatoms. The van der Waals surface area contributed by atoms with E-state index in [0.29, 0.717) is 17.6 Å². The lowest BCUT2D eigenvalue weighted by molar-refractivity contribution is -0.0443. The van der Waals surface area contributed by atoms with Crippen molar-refractivity contribution >= 4 is 0 Å². The average Bonchev–Trinajstić information content (AvgIpc) is 2.28. The van der Waals surface area contributed by atoms with E-state index in [4.69, 9.17) is 4.74 Å². The fourth-order valence-electron chi connectivity index (χ4n) is 2.56. The first-order valence-corrected chi connectivity index (χ1v) is 5.21. The van der Waals surface area contributed by atoms with Crippen molar-refractivity contribution in [1.29, 1.82) is 0 Å². The normalized spacial score (nSPS) is 41.8. The molecular weight excluding hydrogens is 148 g/mol. The topological polar surface area (TPSA) is 9.23 Å². The Morgan fingerprint density at radius 1 is 1.00 bits per heavy atom. The van der Waals surface area contributed by atoms with Crippen LogP contribution in [-0.2, 0) is 4.74 Å². The zero-order valence-corrected chi connectivity index (χ0v) is 8.47. The number of ether oxygens (including phenoxy) is 1. The van der Waals surface area contributed by atoms with Gasteiger partial charge in [0.15, 0.2) is 0 Å². The molecule has 2 fully saturated rings. The highest BCUT2D eigenvalue weighted by Gasteiger charge is 2.39. The molecule has 2 saturated heterocycles. The van der Waals surface area contributed by atoms with Gasteiger partial charge in [0.05, 0.1) is 12.2 Å². The smallest absolute Gasteiger partial charge is 0.0582 e. The molecule has 0 aromatic rings. The van der Waals surface area contributed by atoms with Crippen molar-refractivity contribution in [3.05, 3.63) is 0 Å². The fourth-order valence-corrected chi connectivity index (χ4v) is 2.56. The summed E-state index contributed by atoms with van der Waals surface area (Å²) in [6, 6.07) is 0. The van der Waals surface area contributed by atoms with Crippen molar-refractivity contribution in [2.24, 2.45) is 11.3 Å². The van der Waals surface area contributed by atoms with Gasteiger partial charge >= 0.3 is 0 Å². The van der Waals surface area contributed by atoms with Crippen LogP contribution in [0.5, 0.6) is 0 Å². The Bertz CT molecular complexity index is 156. The Hall–Kier alpha value is -0.0400. The molecule has 2 heterocycles. The van der Waals surface area contributed by atoms with Crippen LogP contribution in [0.3, 0.4) is 0 Å². The maximum absolute atomic E-state index is 5.82. The zero-order valence-electron chi connectivity index (χ0n) is 8.47. The molecule has 0 radical (unpaired) electrons. The van der Waals surface area contributed by atoms with E-state index in [1.165, 1.54) is 25.7 Å². The summed E-state index contributed by atoms with van der Waals surface area (Å²) in [5.41, 5.74) is 0.491. The van der Waals surface area contributed by atoms with Crippen LogP contribution < -0.4 is 0 Å². The highest BCUT2D eigenvalue weighted by Crippen LogP contribution is 2.43. The maximum atomic E-state index is 5.82. The van der Waals surface area contributed by atoms with Crippen LogP contribution in [-0.4, -0.2) is 12.2 Å². The summed E-state index contributed by atoms with van der Waals surface area (Å²) in [5.74, 6) is 0.892. The molecular formula is C11H20O. The van der Waals surface area contributed by atoms with Gasteiger partial charge in [-0.15, -0.1) is 0 Å². The third-order valence-corrected chi connectivity index (χ3v) is 3.52. The van der Waals surface area contributed by atoms with Gasteiger partial charge in [-0.25, -0.2) is 0 Å². The van der Waals surface area contributed by atoms with Gasteiger partial charge in [0, 0.05) is 0 Å². The largest absolute Gasteiger partial charge is 0.375 e. The van der Waals surface area contributed by atoms with Crippen LogP contribution in [0.1, 0.15) is 46.5 Å². The molecule has 0 spiro atoms. The molecule has 2 atom stereocenters. The van der Waals surface area contributed by atoms with Gasteiger partial charge in [0.2, 0.25) is 0 Å². The van der Waals surface area contributed by atoms with Crippen LogP contribution in [0.25, 0.3) is 0 Å². The average molecular weight is 168 g/mol. The van der Waals surface area contributed by atoms with Crippen LogP contribution >= 0.6 is 0 Å². The summed E-state index contributed by atoms with van der Waals surface area (Å²) >= 11 is 0. The van der Waals surface area contributed by atoms with E-state index in [2.05, 4.69) is 20.8 Å². The van der Waals surface area contributed by atoms with Crippen molar-refractivity contribution in [2.45, 2.75) is 58.7 Å². The van der Waals surface area contributed by atoms with Crippen molar-refractivity contribution < 1.29 is 4.74 Å². The van der Waals surface area contributed by atoms with Crippen LogP contribution in [0.4, 0.5) is 0 Å². The number of hydrogen-bond acceptors (Lipinski definition) is 1. The first kappa shape index (κ1) is 8.55. The first-order valence-electron chi connectivity index (χ1n) is 5.21. The van der Waals surface area contributed by atoms with E-state index in [-0.39, 0.29) is 0 Å². The predicted molar refractivity (Wildman–Crippen MR) is 50.1 cm³/mol. The second kappa shape index (κ2) is 2.73. The van der Waals surface area contributed by atoms with Gasteiger partial charge in [-0.3, -0.25) is 0 Å². The van der Waals surface area contributed by atoms with Gasteiger partial charge in [0.1, 0.15) is 0 Å². The predicted octanol–water partition coefficient (Wildman–Crippen LogP) is 2.99. The molecule has 2 bridgehead atoms. The number of fused-ring (bicyclic) bond motifs is 2. The van der Waals surface area contributed by atoms with Gasteiger partial charge in [-0.2, -0.15) is 0 Å². The van der Waals surface area contributed by atoms with Gasteiger partial charge in [-0.1, -0.05) is 20.8 Å². The lowest BCUT2D eigenvalue weighted by atomic mass is 9.75. The summed E-state index contributed by atoms with van der Waals surface area (Å²) < 4.78 is 5.82. The van der Waals surface area contributed by atoms with Crippen molar-refractivity contribution in [1.82, 2.24) is 0 Å². The Morgan fingerprint density at radius 3 is 1.92 bits per heavy atom. The Kier molecular flexibility index (Phi) is 1.95. The molecule has 2 aliphatic rings. The Morgan fingerprint density at radius 2 is 1.50 bits per heavy atom. The summed E-state index contributed by atoms with van der Waals surface area (Å²) in [6.07, 6.45) is 6.45. The quantitative estimate of drug-likeness (QED) is 0.540. The minimum atomic E-state index is 0.491. The molecule has 2 rings (SSSR count). The summed E-state index contributed by atoms with van der Waals surface area (Å²) in [4.78, 5) is 0. The van der Waals surface area contributed by atoms with E-state index in [0.717, 1.165) is 5.92 Å². The van der Waals surface area contributed by atoms with E-state index < -0.39 is 0 Å². The third-order valence-electron chi connectivity index (χ3n) is 3.52. The van der Waals surface area contributed by atoms with Gasteiger partial charge in [0.25, 0.3) is 0 Å². The zero-order chi connectivity index (χ0) is 8.77. The van der Waals surface area contributed by atoms with Crippen LogP contribution in [0.15, 0.2) is 0 Å². The standard InChI is InChI=1S/C11H20O/c1-11(2,3)8-6-9-4-5-10(7-8)12-9/h8-10H,4-7H2,1-3H3. The van der Waals surface area contributed by atoms with E-state index in [9.17, 15) is 0 Å². The second-order valence-electron chi connectivity index (χ2n) is 5.49. The molecule has 70 valence electrons. The molecule has 12 heavy (non-hydrogen) atoms. The van der Waals surface area contributed by atoms with Crippen molar-refractivity contribution in [3.8, 4) is 0 Å². The first-order chi connectivity index (χ1) is 5.55. The van der Waals surface area contributed by atoms with Crippen molar-refractivity contribution in [2.75, 3.05) is 0 Å². The molecule has 1 nitrogen and oxygen atoms in total. The molecule has 2 aliphatic heterocycles. The van der Waals surface area contributed by atoms with Crippen molar-refractivity contribution in [3.63, 3.8) is 0 Å². The molecule has 0 aliphatic carbocycles. The molecule has 0 amide bonds. The fraction of sp³-hybridized carbons (Fsp3) is 1.00. The minimum Gasteiger partial charge on any atom is -0.375 e. The summed E-state index contributed by atoms with van der Waals surface area (Å²) in [7, 11) is 0. The second-order valence-corrected chi connectivity index (χ2v) is 5.49. The molecule has 2 unspecified atom stereocenters. The highest BCUT2D eigenvalue weighted by molar-refractivity contribution is 4.88. The number of rotatable bonds is 0. The highest BCUT2D eigenvalue weighted by atomic mass is 16.5. The maximum Gasteiger partial charge on any atom is 0.0582 e. The minimum absolute atomic E-state index is 0.491. The molecule has 0 aromatic heterocycles. The van der Waals surface area contributed by atoms with Gasteiger partial charge < -0.3 is 4.74 Å². The van der Waals surface area contributed by atoms with E-state index >= 15 is 0 Å². The lowest BCUT2D eigenvalue weighted by Gasteiger charge is -2.37. The number of hydrogen-bond donors (Lipinski definition) is 0. The molecule has 0 N–H and O–H groups in total. The Balaban J connectivity index is 2.03. The third kappa shape index (κ3) is 1.52. The van der Waals surface area contributed by atoms with E-state index in [1.54, 1.807) is 0 Å². The monoisotopic (exact) mass is 168 g/mol. The lowest BCUT2D eigenvalue weighted by Crippen LogP contribution is -2.32. The van der Waals surface area contributed by atoms with Crippen LogP contribution in [0.2, 0.25) is 0 Å². The molecule has 0 aromatic carbocycles. The molecule has 0 saturated carbocycles. The Labute approximate surface area is 75.5 Å². The van der Waals surface area contributed by atoms with Gasteiger partial charge in [-0.05, 0) is 37.0 Å². The van der Waals surface area contributed by atoms with E-state index in [1.807, 2.05) is 0 Å². The van der Waals surface area contributed by atoms with Crippen LogP contribution in [0, 0.1) is 11.3 Å². The summed E-state index contributed by atoms with van der Waals surface area (Å²) in [6.45, 7) is 7.09. The SMILES string of the molecule is CC(C)(C)C1CC2CCC(C1)O2. The summed E-state index contributed by atoms with van der Waals surface area (Å²) in [5, 5.41) is 0.